The molecule has 0 bridgehead atoms. The number of nitrogens with zero attached hydrogens (tertiary/aromatic N) is 1. The summed E-state index contributed by atoms with van der Waals surface area (Å²) >= 11 is 0. The van der Waals surface area contributed by atoms with Crippen LogP contribution in [-0.4, -0.2) is 11.6 Å². The van der Waals surface area contributed by atoms with Gasteiger partial charge in [0.05, 0.1) is 11.1 Å². The molecule has 0 fully saturated rings. The first-order valence-corrected chi connectivity index (χ1v) is 7.51. The minimum atomic E-state index is 0.980. The topological polar surface area (TPSA) is 17.0 Å². The van der Waals surface area contributed by atoms with E-state index in [1.807, 2.05) is 20.9 Å². The summed E-state index contributed by atoms with van der Waals surface area (Å²) in [6.45, 7) is 11.5. The molecule has 2 rings (SSSR count). The van der Waals surface area contributed by atoms with Crippen molar-refractivity contribution in [1.29, 1.82) is 0 Å². The minimum absolute atomic E-state index is 0.980. The number of fused-ring (bicyclic) bond motifs is 1. The Balaban J connectivity index is 0.000000956. The first-order chi connectivity index (χ1) is 9.71. The summed E-state index contributed by atoms with van der Waals surface area (Å²) in [6.07, 6.45) is 3.22. The number of aryl methyl sites for hydroxylation is 3. The van der Waals surface area contributed by atoms with Gasteiger partial charge >= 0.3 is 0 Å². The average molecular weight is 270 g/mol. The normalized spacial score (nSPS) is 9.50. The molecule has 0 aliphatic rings. The van der Waals surface area contributed by atoms with Crippen LogP contribution >= 0.6 is 0 Å². The zero-order valence-corrected chi connectivity index (χ0v) is 13.6. The van der Waals surface area contributed by atoms with E-state index in [4.69, 9.17) is 0 Å². The second kappa shape index (κ2) is 7.65. The van der Waals surface area contributed by atoms with Crippen molar-refractivity contribution >= 4 is 10.9 Å². The standard InChI is InChI=1S/C16H20N2.C2H6/c1-5-13-9-12(3)10-15-14(7-8-17-4)11-18(6-2)16(13)15;1-2/h9-11,17H,5-6H2,1-4H3;1-2H3. The fourth-order valence-corrected chi connectivity index (χ4v) is 2.44. The summed E-state index contributed by atoms with van der Waals surface area (Å²) in [5.74, 6) is 3.19. The highest BCUT2D eigenvalue weighted by atomic mass is 14.9. The van der Waals surface area contributed by atoms with Gasteiger partial charge in [-0.1, -0.05) is 32.4 Å². The molecule has 1 heterocycles. The third-order valence-corrected chi connectivity index (χ3v) is 3.24. The SMILES string of the molecule is CC.CCc1cc(C)cc2c(C#CNC)cn(CC)c12. The highest BCUT2D eigenvalue weighted by Gasteiger charge is 2.10. The molecule has 2 aromatic rings. The molecule has 0 radical (unpaired) electrons. The Labute approximate surface area is 123 Å². The van der Waals surface area contributed by atoms with Gasteiger partial charge in [-0.25, -0.2) is 0 Å². The van der Waals surface area contributed by atoms with Crippen molar-refractivity contribution in [1.82, 2.24) is 9.88 Å². The van der Waals surface area contributed by atoms with Crippen LogP contribution < -0.4 is 5.32 Å². The van der Waals surface area contributed by atoms with Crippen molar-refractivity contribution in [2.24, 2.45) is 0 Å². The highest BCUT2D eigenvalue weighted by Crippen LogP contribution is 2.26. The van der Waals surface area contributed by atoms with E-state index in [1.54, 1.807) is 0 Å². The Bertz CT molecular complexity index is 624. The van der Waals surface area contributed by atoms with E-state index in [0.717, 1.165) is 18.5 Å². The van der Waals surface area contributed by atoms with Crippen molar-refractivity contribution in [2.45, 2.75) is 47.6 Å². The van der Waals surface area contributed by atoms with Gasteiger partial charge in [0.1, 0.15) is 0 Å². The summed E-state index contributed by atoms with van der Waals surface area (Å²) in [5.41, 5.74) is 5.16. The third kappa shape index (κ3) is 3.17. The van der Waals surface area contributed by atoms with E-state index in [-0.39, 0.29) is 0 Å². The van der Waals surface area contributed by atoms with Gasteiger partial charge in [-0.2, -0.15) is 0 Å². The van der Waals surface area contributed by atoms with E-state index < -0.39 is 0 Å². The first-order valence-electron chi connectivity index (χ1n) is 7.51. The molecule has 1 aromatic carbocycles. The maximum absolute atomic E-state index is 3.19. The van der Waals surface area contributed by atoms with Crippen LogP contribution in [0.5, 0.6) is 0 Å². The quantitative estimate of drug-likeness (QED) is 0.642. The van der Waals surface area contributed by atoms with Crippen molar-refractivity contribution in [2.75, 3.05) is 7.05 Å². The zero-order chi connectivity index (χ0) is 15.1. The smallest absolute Gasteiger partial charge is 0.0525 e. The lowest BCUT2D eigenvalue weighted by Gasteiger charge is -2.07. The predicted octanol–water partition coefficient (Wildman–Crippen LogP) is 4.09. The number of rotatable bonds is 2. The lowest BCUT2D eigenvalue weighted by molar-refractivity contribution is 0.792. The lowest BCUT2D eigenvalue weighted by atomic mass is 10.0. The fraction of sp³-hybridized carbons (Fsp3) is 0.444. The molecule has 2 heteroatoms. The Hall–Kier alpha value is -1.88. The second-order valence-electron chi connectivity index (χ2n) is 4.50. The van der Waals surface area contributed by atoms with Crippen molar-refractivity contribution in [3.8, 4) is 12.0 Å². The van der Waals surface area contributed by atoms with Gasteiger partial charge in [-0.15, -0.1) is 0 Å². The van der Waals surface area contributed by atoms with Crippen LogP contribution in [0.3, 0.4) is 0 Å². The summed E-state index contributed by atoms with van der Waals surface area (Å²) in [5, 5.41) is 4.16. The summed E-state index contributed by atoms with van der Waals surface area (Å²) in [7, 11) is 1.84. The summed E-state index contributed by atoms with van der Waals surface area (Å²) in [6, 6.07) is 7.46. The van der Waals surface area contributed by atoms with Crippen LogP contribution in [0.25, 0.3) is 10.9 Å². The van der Waals surface area contributed by atoms with Crippen molar-refractivity contribution in [3.63, 3.8) is 0 Å². The molecule has 0 aliphatic carbocycles. The molecule has 108 valence electrons. The number of aromatic nitrogens is 1. The molecule has 2 nitrogen and oxygen atoms in total. The van der Waals surface area contributed by atoms with E-state index in [0.29, 0.717) is 0 Å². The van der Waals surface area contributed by atoms with Gasteiger partial charge in [0.2, 0.25) is 0 Å². The van der Waals surface area contributed by atoms with E-state index >= 15 is 0 Å². The molecule has 0 spiro atoms. The minimum Gasteiger partial charge on any atom is -0.349 e. The van der Waals surface area contributed by atoms with E-state index in [2.05, 4.69) is 60.9 Å². The molecule has 0 saturated heterocycles. The van der Waals surface area contributed by atoms with Crippen LogP contribution in [0.2, 0.25) is 0 Å². The molecule has 0 aliphatic heterocycles. The third-order valence-electron chi connectivity index (χ3n) is 3.24. The number of hydrogen-bond acceptors (Lipinski definition) is 1. The average Bonchev–Trinajstić information content (AvgIpc) is 2.84. The van der Waals surface area contributed by atoms with Crippen molar-refractivity contribution in [3.05, 3.63) is 35.0 Å². The Morgan fingerprint density at radius 3 is 2.45 bits per heavy atom. The number of hydrogen-bond donors (Lipinski definition) is 1. The molecular weight excluding hydrogens is 244 g/mol. The number of benzene rings is 1. The maximum atomic E-state index is 3.19. The van der Waals surface area contributed by atoms with Crippen LogP contribution in [0, 0.1) is 18.9 Å². The van der Waals surface area contributed by atoms with Gasteiger partial charge in [-0.05, 0) is 37.8 Å². The largest absolute Gasteiger partial charge is 0.349 e. The van der Waals surface area contributed by atoms with E-state index in [1.165, 1.54) is 22.0 Å². The lowest BCUT2D eigenvalue weighted by Crippen LogP contribution is -1.95. The molecule has 0 atom stereocenters. The van der Waals surface area contributed by atoms with Gasteiger partial charge in [0.25, 0.3) is 0 Å². The van der Waals surface area contributed by atoms with Crippen LogP contribution in [0.4, 0.5) is 0 Å². The van der Waals surface area contributed by atoms with Gasteiger partial charge in [0.15, 0.2) is 0 Å². The maximum Gasteiger partial charge on any atom is 0.0525 e. The van der Waals surface area contributed by atoms with Crippen LogP contribution in [0.15, 0.2) is 18.3 Å². The molecule has 1 N–H and O–H groups in total. The zero-order valence-electron chi connectivity index (χ0n) is 13.6. The highest BCUT2D eigenvalue weighted by molar-refractivity contribution is 5.90. The molecule has 1 aromatic heterocycles. The molecule has 20 heavy (non-hydrogen) atoms. The summed E-state index contributed by atoms with van der Waals surface area (Å²) < 4.78 is 2.30. The summed E-state index contributed by atoms with van der Waals surface area (Å²) in [4.78, 5) is 0. The fourth-order valence-electron chi connectivity index (χ4n) is 2.44. The monoisotopic (exact) mass is 270 g/mol. The molecule has 0 amide bonds. The molecule has 0 unspecified atom stereocenters. The van der Waals surface area contributed by atoms with Crippen LogP contribution in [-0.2, 0) is 13.0 Å². The van der Waals surface area contributed by atoms with E-state index in [9.17, 15) is 0 Å². The molecular formula is C18H26N2. The first kappa shape index (κ1) is 16.2. The Morgan fingerprint density at radius 1 is 1.20 bits per heavy atom. The van der Waals surface area contributed by atoms with Crippen molar-refractivity contribution < 1.29 is 0 Å². The molecule has 0 saturated carbocycles. The van der Waals surface area contributed by atoms with Gasteiger partial charge in [0, 0.05) is 31.2 Å². The van der Waals surface area contributed by atoms with Gasteiger partial charge in [-0.3, -0.25) is 0 Å². The second-order valence-corrected chi connectivity index (χ2v) is 4.50. The predicted molar refractivity (Wildman–Crippen MR) is 89.0 cm³/mol. The van der Waals surface area contributed by atoms with Gasteiger partial charge < -0.3 is 9.88 Å². The van der Waals surface area contributed by atoms with Crippen LogP contribution in [0.1, 0.15) is 44.4 Å². The Kier molecular flexibility index (Phi) is 6.18. The Morgan fingerprint density at radius 2 is 1.90 bits per heavy atom. The number of nitrogens with one attached hydrogen (secondary N) is 1.